The molecule has 1 aliphatic heterocycles. The minimum atomic E-state index is -5.16. The zero-order valence-electron chi connectivity index (χ0n) is 22.2. The Morgan fingerprint density at radius 3 is 1.05 bits per heavy atom. The van der Waals surface area contributed by atoms with Crippen LogP contribution in [0.3, 0.4) is 0 Å². The molecule has 0 bridgehead atoms. The number of rotatable bonds is 16. The zero-order valence-corrected chi connectivity index (χ0v) is 25.8. The second-order valence-electron chi connectivity index (χ2n) is 9.64. The highest BCUT2D eigenvalue weighted by Crippen LogP contribution is 2.60. The first-order valence-electron chi connectivity index (χ1n) is 12.2. The van der Waals surface area contributed by atoms with Crippen molar-refractivity contribution in [3.8, 4) is 0 Å². The molecule has 1 fully saturated rings. The maximum absolute atomic E-state index is 11.9. The Balaban J connectivity index is 2.53. The maximum atomic E-state index is 11.9. The summed E-state index contributed by atoms with van der Waals surface area (Å²) in [5.41, 5.74) is 0. The maximum Gasteiger partial charge on any atom is 0.342 e. The number of amides is 2. The molecule has 1 saturated heterocycles. The van der Waals surface area contributed by atoms with Crippen LogP contribution in [0.2, 0.25) is 0 Å². The fraction of sp³-hybridized carbons (Fsp3) is 0.889. The van der Waals surface area contributed by atoms with E-state index in [1.54, 1.807) is 0 Å². The fourth-order valence-electron chi connectivity index (χ4n) is 4.17. The standard InChI is InChI=1S/C18H40N4O14P4/c1-15(23)21(13-17(37(25,26)27)38(28,29)30)7-3-5-19-9-11-20(12-10-19)6-4-8-22(16(2)24)14-18(39(31,32)33)40(34,35)36/h17-18H,3-14H2,1-2H3,(H2,25,26,27)(H2,28,29,30)(H2,31,32,33)(H2,34,35,36). The zero-order chi connectivity index (χ0) is 31.1. The van der Waals surface area contributed by atoms with Crippen LogP contribution in [0.4, 0.5) is 0 Å². The van der Waals surface area contributed by atoms with Gasteiger partial charge in [-0.3, -0.25) is 27.8 Å². The lowest BCUT2D eigenvalue weighted by Gasteiger charge is -2.35. The van der Waals surface area contributed by atoms with Crippen LogP contribution in [0.25, 0.3) is 0 Å². The molecular weight excluding hydrogens is 620 g/mol. The normalized spacial score (nSPS) is 16.5. The summed E-state index contributed by atoms with van der Waals surface area (Å²) >= 11 is 0. The summed E-state index contributed by atoms with van der Waals surface area (Å²) in [5.74, 6) is -1.16. The van der Waals surface area contributed by atoms with Gasteiger partial charge in [0, 0.05) is 66.2 Å². The van der Waals surface area contributed by atoms with Gasteiger partial charge >= 0.3 is 30.4 Å². The highest BCUT2D eigenvalue weighted by Gasteiger charge is 2.45. The topological polar surface area (TPSA) is 277 Å². The van der Waals surface area contributed by atoms with Crippen molar-refractivity contribution in [1.29, 1.82) is 0 Å². The third kappa shape index (κ3) is 13.2. The highest BCUT2D eigenvalue weighted by atomic mass is 31.2. The highest BCUT2D eigenvalue weighted by molar-refractivity contribution is 7.71. The average molecular weight is 660 g/mol. The van der Waals surface area contributed by atoms with Gasteiger partial charge in [0.25, 0.3) is 0 Å². The van der Waals surface area contributed by atoms with E-state index in [0.717, 1.165) is 23.6 Å². The van der Waals surface area contributed by atoms with E-state index in [1.807, 2.05) is 0 Å². The molecule has 0 radical (unpaired) electrons. The van der Waals surface area contributed by atoms with Crippen LogP contribution in [0.1, 0.15) is 26.7 Å². The van der Waals surface area contributed by atoms with Crippen LogP contribution in [0, 0.1) is 0 Å². The molecule has 18 nitrogen and oxygen atoms in total. The SMILES string of the molecule is CC(=O)N(CCCN1CCN(CCCN(CC(P(=O)(O)O)P(=O)(O)O)C(C)=O)CC1)CC(P(=O)(O)O)P(=O)(O)O. The third-order valence-corrected chi connectivity index (χ3v) is 13.9. The number of hydrogen-bond acceptors (Lipinski definition) is 8. The molecule has 8 N–H and O–H groups in total. The fourth-order valence-corrected chi connectivity index (χ4v) is 8.95. The van der Waals surface area contributed by atoms with Crippen LogP contribution < -0.4 is 0 Å². The van der Waals surface area contributed by atoms with E-state index in [2.05, 4.69) is 9.80 Å². The molecule has 0 atom stereocenters. The molecule has 1 heterocycles. The molecule has 22 heteroatoms. The minimum Gasteiger partial charge on any atom is -0.341 e. The quantitative estimate of drug-likeness (QED) is 0.0870. The summed E-state index contributed by atoms with van der Waals surface area (Å²) < 4.78 is 46.1. The number of piperazine rings is 1. The summed E-state index contributed by atoms with van der Waals surface area (Å²) in [6.07, 6.45) is 0.783. The van der Waals surface area contributed by atoms with Gasteiger partial charge in [-0.15, -0.1) is 0 Å². The average Bonchev–Trinajstić information content (AvgIpc) is 2.75. The predicted molar refractivity (Wildman–Crippen MR) is 142 cm³/mol. The Morgan fingerprint density at radius 1 is 0.600 bits per heavy atom. The number of carbonyl (C=O) groups excluding carboxylic acids is 2. The van der Waals surface area contributed by atoms with E-state index in [1.165, 1.54) is 0 Å². The molecule has 0 spiro atoms. The Morgan fingerprint density at radius 2 is 0.850 bits per heavy atom. The van der Waals surface area contributed by atoms with Crippen molar-refractivity contribution in [3.05, 3.63) is 0 Å². The molecule has 0 aromatic carbocycles. The Hall–Kier alpha value is -0.540. The van der Waals surface area contributed by atoms with E-state index < -0.39 is 66.1 Å². The summed E-state index contributed by atoms with van der Waals surface area (Å²) in [6.45, 7) is 4.33. The Kier molecular flexibility index (Phi) is 14.3. The molecule has 236 valence electrons. The number of carbonyl (C=O) groups is 2. The van der Waals surface area contributed by atoms with Gasteiger partial charge in [0.05, 0.1) is 0 Å². The van der Waals surface area contributed by atoms with Crippen molar-refractivity contribution in [1.82, 2.24) is 19.6 Å². The number of hydrogen-bond donors (Lipinski definition) is 8. The predicted octanol–water partition coefficient (Wildman–Crippen LogP) is -1.56. The van der Waals surface area contributed by atoms with E-state index in [9.17, 15) is 67.0 Å². The lowest BCUT2D eigenvalue weighted by atomic mass is 10.2. The van der Waals surface area contributed by atoms with Gasteiger partial charge in [-0.25, -0.2) is 0 Å². The van der Waals surface area contributed by atoms with Crippen molar-refractivity contribution >= 4 is 42.2 Å². The van der Waals surface area contributed by atoms with Crippen LogP contribution in [-0.2, 0) is 27.8 Å². The third-order valence-electron chi connectivity index (χ3n) is 6.48. The molecule has 0 saturated carbocycles. The molecule has 40 heavy (non-hydrogen) atoms. The molecule has 0 unspecified atom stereocenters. The Labute approximate surface area is 232 Å². The largest absolute Gasteiger partial charge is 0.342 e. The van der Waals surface area contributed by atoms with Gasteiger partial charge < -0.3 is 58.7 Å². The lowest BCUT2D eigenvalue weighted by Crippen LogP contribution is -2.48. The van der Waals surface area contributed by atoms with Crippen molar-refractivity contribution in [3.63, 3.8) is 0 Å². The van der Waals surface area contributed by atoms with E-state index >= 15 is 0 Å². The first-order valence-corrected chi connectivity index (χ1v) is 18.9. The van der Waals surface area contributed by atoms with Crippen molar-refractivity contribution < 1.29 is 67.0 Å². The van der Waals surface area contributed by atoms with Gasteiger partial charge in [0.2, 0.25) is 11.8 Å². The summed E-state index contributed by atoms with van der Waals surface area (Å²) in [5, 5.41) is -4.60. The van der Waals surface area contributed by atoms with Gasteiger partial charge in [0.1, 0.15) is 0 Å². The van der Waals surface area contributed by atoms with E-state index in [-0.39, 0.29) is 13.1 Å². The van der Waals surface area contributed by atoms with Crippen molar-refractivity contribution in [2.45, 2.75) is 37.5 Å². The molecular formula is C18H40N4O14P4. The van der Waals surface area contributed by atoms with Gasteiger partial charge in [-0.1, -0.05) is 0 Å². The van der Waals surface area contributed by atoms with E-state index in [4.69, 9.17) is 0 Å². The van der Waals surface area contributed by atoms with Crippen LogP contribution in [0.5, 0.6) is 0 Å². The second kappa shape index (κ2) is 15.3. The molecule has 0 aromatic rings. The van der Waals surface area contributed by atoms with Crippen molar-refractivity contribution in [2.24, 2.45) is 0 Å². The van der Waals surface area contributed by atoms with Gasteiger partial charge in [-0.2, -0.15) is 0 Å². The first-order chi connectivity index (χ1) is 18.0. The smallest absolute Gasteiger partial charge is 0.341 e. The second-order valence-corrected chi connectivity index (χ2v) is 17.7. The van der Waals surface area contributed by atoms with Gasteiger partial charge in [0.15, 0.2) is 10.8 Å². The Bertz CT molecular complexity index is 921. The lowest BCUT2D eigenvalue weighted by molar-refractivity contribution is -0.129. The van der Waals surface area contributed by atoms with E-state index in [0.29, 0.717) is 52.1 Å². The number of nitrogens with zero attached hydrogens (tertiary/aromatic N) is 4. The van der Waals surface area contributed by atoms with Crippen molar-refractivity contribution in [2.75, 3.05) is 65.4 Å². The summed E-state index contributed by atoms with van der Waals surface area (Å²) in [4.78, 5) is 104. The molecule has 2 amide bonds. The molecule has 0 aromatic heterocycles. The molecule has 1 rings (SSSR count). The van der Waals surface area contributed by atoms with Crippen LogP contribution >= 0.6 is 30.4 Å². The monoisotopic (exact) mass is 660 g/mol. The minimum absolute atomic E-state index is 0.0388. The van der Waals surface area contributed by atoms with Crippen LogP contribution in [-0.4, -0.2) is 147 Å². The van der Waals surface area contributed by atoms with Gasteiger partial charge in [-0.05, 0) is 25.9 Å². The summed E-state index contributed by atoms with van der Waals surface area (Å²) in [6, 6.07) is 0. The van der Waals surface area contributed by atoms with Crippen LogP contribution in [0.15, 0.2) is 0 Å². The molecule has 1 aliphatic rings. The molecule has 0 aliphatic carbocycles. The first kappa shape index (κ1) is 37.5. The summed E-state index contributed by atoms with van der Waals surface area (Å²) in [7, 11) is -20.7.